The molecule has 1 aliphatic carbocycles. The first-order valence-corrected chi connectivity index (χ1v) is 15.9. The third-order valence-electron chi connectivity index (χ3n) is 7.47. The Morgan fingerprint density at radius 2 is 1.64 bits per heavy atom. The highest BCUT2D eigenvalue weighted by molar-refractivity contribution is 7.92. The second kappa shape index (κ2) is 14.1. The molecule has 0 radical (unpaired) electrons. The average Bonchev–Trinajstić information content (AvgIpc) is 3.70. The van der Waals surface area contributed by atoms with Crippen molar-refractivity contribution in [1.29, 1.82) is 0 Å². The van der Waals surface area contributed by atoms with Crippen LogP contribution in [-0.4, -0.2) is 31.2 Å². The molecule has 1 aliphatic rings. The van der Waals surface area contributed by atoms with E-state index in [1.807, 2.05) is 42.5 Å². The van der Waals surface area contributed by atoms with Crippen LogP contribution in [0.4, 0.5) is 10.5 Å². The molecule has 0 spiro atoms. The van der Waals surface area contributed by atoms with Gasteiger partial charge in [-0.05, 0) is 72.7 Å². The van der Waals surface area contributed by atoms with Crippen LogP contribution in [0.3, 0.4) is 0 Å². The zero-order chi connectivity index (χ0) is 29.2. The summed E-state index contributed by atoms with van der Waals surface area (Å²) < 4.78 is 39.1. The van der Waals surface area contributed by atoms with Crippen LogP contribution in [0.2, 0.25) is 0 Å². The van der Waals surface area contributed by atoms with E-state index in [-0.39, 0.29) is 11.5 Å². The van der Waals surface area contributed by atoms with Gasteiger partial charge in [0.2, 0.25) is 11.7 Å². The van der Waals surface area contributed by atoms with E-state index in [1.54, 1.807) is 24.3 Å². The van der Waals surface area contributed by atoms with Crippen LogP contribution in [0.5, 0.6) is 0 Å². The molecule has 1 amide bonds. The van der Waals surface area contributed by atoms with Gasteiger partial charge in [-0.1, -0.05) is 73.3 Å². The lowest BCUT2D eigenvalue weighted by molar-refractivity contribution is 0.140. The van der Waals surface area contributed by atoms with Crippen molar-refractivity contribution >= 4 is 21.8 Å². The number of ether oxygens (including phenoxy) is 1. The second-order valence-electron chi connectivity index (χ2n) is 10.6. The molecule has 9 nitrogen and oxygen atoms in total. The largest absolute Gasteiger partial charge is 0.445 e. The van der Waals surface area contributed by atoms with Gasteiger partial charge >= 0.3 is 6.09 Å². The molecule has 5 rings (SSSR count). The molecule has 10 heteroatoms. The SMILES string of the molecule is O=C(NCCc1ccc(NS(=O)(=O)c2ccc(-c3noc(CCCC4CCCC4)n3)cc2)cc1)OCc1ccccc1. The fourth-order valence-corrected chi connectivity index (χ4v) is 6.19. The topological polar surface area (TPSA) is 123 Å². The van der Waals surface area contributed by atoms with Gasteiger partial charge in [-0.25, -0.2) is 13.2 Å². The van der Waals surface area contributed by atoms with Gasteiger partial charge in [0.25, 0.3) is 10.0 Å². The van der Waals surface area contributed by atoms with Crippen molar-refractivity contribution in [3.63, 3.8) is 0 Å². The smallest absolute Gasteiger partial charge is 0.407 e. The number of rotatable bonds is 13. The van der Waals surface area contributed by atoms with Crippen molar-refractivity contribution < 1.29 is 22.5 Å². The number of anilines is 1. The summed E-state index contributed by atoms with van der Waals surface area (Å²) >= 11 is 0. The molecule has 3 aromatic carbocycles. The monoisotopic (exact) mass is 588 g/mol. The Morgan fingerprint density at radius 3 is 2.38 bits per heavy atom. The van der Waals surface area contributed by atoms with E-state index in [0.717, 1.165) is 29.9 Å². The molecule has 1 heterocycles. The molecule has 2 N–H and O–H groups in total. The quantitative estimate of drug-likeness (QED) is 0.182. The summed E-state index contributed by atoms with van der Waals surface area (Å²) in [6.45, 7) is 0.607. The molecular weight excluding hydrogens is 552 g/mol. The second-order valence-corrected chi connectivity index (χ2v) is 12.3. The molecule has 4 aromatic rings. The minimum absolute atomic E-state index is 0.133. The lowest BCUT2D eigenvalue weighted by atomic mass is 10.0. The highest BCUT2D eigenvalue weighted by Gasteiger charge is 2.17. The van der Waals surface area contributed by atoms with Crippen molar-refractivity contribution in [3.8, 4) is 11.4 Å². The summed E-state index contributed by atoms with van der Waals surface area (Å²) in [7, 11) is -3.79. The third-order valence-corrected chi connectivity index (χ3v) is 8.87. The molecule has 0 aliphatic heterocycles. The Bertz CT molecular complexity index is 1530. The van der Waals surface area contributed by atoms with Crippen LogP contribution >= 0.6 is 0 Å². The number of sulfonamides is 1. The van der Waals surface area contributed by atoms with E-state index in [4.69, 9.17) is 9.26 Å². The zero-order valence-electron chi connectivity index (χ0n) is 23.5. The van der Waals surface area contributed by atoms with Gasteiger partial charge in [0.1, 0.15) is 6.61 Å². The standard InChI is InChI=1S/C32H36N4O5S/c37-32(40-23-26-9-2-1-3-10-26)33-22-21-25-13-17-28(18-14-25)36-42(38,39)29-19-15-27(16-20-29)31-34-30(41-35-31)12-6-11-24-7-4-5-8-24/h1-3,9-10,13-20,24,36H,4-8,11-12,21-23H2,(H,33,37). The lowest BCUT2D eigenvalue weighted by Crippen LogP contribution is -2.26. The number of nitrogens with one attached hydrogen (secondary N) is 2. The Kier molecular flexibility index (Phi) is 9.86. The molecule has 0 unspecified atom stereocenters. The number of carbonyl (C=O) groups is 1. The van der Waals surface area contributed by atoms with Crippen LogP contribution in [-0.2, 0) is 34.2 Å². The van der Waals surface area contributed by atoms with Crippen LogP contribution < -0.4 is 10.0 Å². The molecule has 0 bridgehead atoms. The number of nitrogens with zero attached hydrogens (tertiary/aromatic N) is 2. The molecule has 1 aromatic heterocycles. The van der Waals surface area contributed by atoms with Gasteiger partial charge < -0.3 is 14.6 Å². The summed E-state index contributed by atoms with van der Waals surface area (Å²) in [6.07, 6.45) is 8.44. The predicted octanol–water partition coefficient (Wildman–Crippen LogP) is 6.52. The fourth-order valence-electron chi connectivity index (χ4n) is 5.13. The Labute approximate surface area is 246 Å². The number of carbonyl (C=O) groups excluding carboxylic acids is 1. The molecule has 1 saturated carbocycles. The number of amides is 1. The first-order chi connectivity index (χ1) is 20.4. The van der Waals surface area contributed by atoms with Crippen molar-refractivity contribution in [3.05, 3.63) is 95.9 Å². The normalized spacial score (nSPS) is 13.6. The van der Waals surface area contributed by atoms with Crippen molar-refractivity contribution in [2.24, 2.45) is 5.92 Å². The van der Waals surface area contributed by atoms with Crippen LogP contribution in [0, 0.1) is 5.92 Å². The summed E-state index contributed by atoms with van der Waals surface area (Å²) in [6, 6.07) is 22.9. The van der Waals surface area contributed by atoms with Crippen LogP contribution in [0.15, 0.2) is 88.3 Å². The number of alkyl carbamates (subject to hydrolysis) is 1. The van der Waals surface area contributed by atoms with Gasteiger partial charge in [0.05, 0.1) is 4.90 Å². The van der Waals surface area contributed by atoms with E-state index < -0.39 is 16.1 Å². The summed E-state index contributed by atoms with van der Waals surface area (Å²) in [4.78, 5) is 16.5. The summed E-state index contributed by atoms with van der Waals surface area (Å²) in [5.74, 6) is 1.90. The van der Waals surface area contributed by atoms with E-state index in [9.17, 15) is 13.2 Å². The highest BCUT2D eigenvalue weighted by atomic mass is 32.2. The van der Waals surface area contributed by atoms with Gasteiger partial charge in [-0.2, -0.15) is 4.98 Å². The number of benzene rings is 3. The minimum atomic E-state index is -3.79. The Hall–Kier alpha value is -4.18. The highest BCUT2D eigenvalue weighted by Crippen LogP contribution is 2.29. The first-order valence-electron chi connectivity index (χ1n) is 14.4. The van der Waals surface area contributed by atoms with Crippen LogP contribution in [0.1, 0.15) is 55.5 Å². The maximum atomic E-state index is 13.0. The zero-order valence-corrected chi connectivity index (χ0v) is 24.3. The third kappa shape index (κ3) is 8.42. The fraction of sp³-hybridized carbons (Fsp3) is 0.344. The number of hydrogen-bond acceptors (Lipinski definition) is 7. The number of aryl methyl sites for hydroxylation is 1. The molecule has 42 heavy (non-hydrogen) atoms. The molecular formula is C32H36N4O5S. The number of hydrogen-bond donors (Lipinski definition) is 2. The van der Waals surface area contributed by atoms with E-state index in [2.05, 4.69) is 20.2 Å². The van der Waals surface area contributed by atoms with Crippen LogP contribution in [0.25, 0.3) is 11.4 Å². The molecule has 1 fully saturated rings. The van der Waals surface area contributed by atoms with E-state index in [0.29, 0.717) is 35.9 Å². The average molecular weight is 589 g/mol. The van der Waals surface area contributed by atoms with Crippen molar-refractivity contribution in [2.75, 3.05) is 11.3 Å². The minimum Gasteiger partial charge on any atom is -0.445 e. The summed E-state index contributed by atoms with van der Waals surface area (Å²) in [5, 5.41) is 6.80. The first kappa shape index (κ1) is 29.3. The van der Waals surface area contributed by atoms with Gasteiger partial charge in [-0.3, -0.25) is 4.72 Å². The molecule has 0 saturated heterocycles. The van der Waals surface area contributed by atoms with Crippen molar-refractivity contribution in [1.82, 2.24) is 15.5 Å². The molecule has 0 atom stereocenters. The summed E-state index contributed by atoms with van der Waals surface area (Å²) in [5.41, 5.74) is 3.01. The van der Waals surface area contributed by atoms with Gasteiger partial charge in [0.15, 0.2) is 0 Å². The van der Waals surface area contributed by atoms with Gasteiger partial charge in [-0.15, -0.1) is 0 Å². The van der Waals surface area contributed by atoms with Gasteiger partial charge in [0, 0.05) is 24.2 Å². The van der Waals surface area contributed by atoms with Crippen molar-refractivity contribution in [2.45, 2.75) is 62.9 Å². The maximum absolute atomic E-state index is 13.0. The number of aromatic nitrogens is 2. The molecule has 220 valence electrons. The Balaban J connectivity index is 1.07. The lowest BCUT2D eigenvalue weighted by Gasteiger charge is -2.10. The predicted molar refractivity (Wildman–Crippen MR) is 160 cm³/mol. The van der Waals surface area contributed by atoms with E-state index >= 15 is 0 Å². The van der Waals surface area contributed by atoms with E-state index in [1.165, 1.54) is 44.2 Å². The maximum Gasteiger partial charge on any atom is 0.407 e. The Morgan fingerprint density at radius 1 is 0.905 bits per heavy atom.